The highest BCUT2D eigenvalue weighted by Crippen LogP contribution is 2.29. The fourth-order valence-corrected chi connectivity index (χ4v) is 2.33. The Kier molecular flexibility index (Phi) is 5.06. The molecule has 1 aromatic heterocycles. The smallest absolute Gasteiger partial charge is 0.416 e. The van der Waals surface area contributed by atoms with Crippen molar-refractivity contribution in [2.75, 3.05) is 0 Å². The van der Waals surface area contributed by atoms with E-state index in [1.165, 1.54) is 29.1 Å². The molecule has 134 valence electrons. The van der Waals surface area contributed by atoms with Crippen LogP contribution in [0.15, 0.2) is 71.8 Å². The van der Waals surface area contributed by atoms with Crippen LogP contribution < -0.4 is 10.3 Å². The van der Waals surface area contributed by atoms with Crippen molar-refractivity contribution in [1.29, 1.82) is 0 Å². The van der Waals surface area contributed by atoms with Gasteiger partial charge in [0.05, 0.1) is 18.2 Å². The Balaban J connectivity index is 1.67. The van der Waals surface area contributed by atoms with Crippen LogP contribution in [-0.2, 0) is 19.3 Å². The van der Waals surface area contributed by atoms with E-state index < -0.39 is 11.7 Å². The molecular formula is C19H15F3N2O2. The van der Waals surface area contributed by atoms with Gasteiger partial charge < -0.3 is 4.74 Å². The van der Waals surface area contributed by atoms with Crippen LogP contribution in [0.1, 0.15) is 16.7 Å². The molecule has 3 rings (SSSR count). The average molecular weight is 360 g/mol. The molecule has 0 atom stereocenters. The van der Waals surface area contributed by atoms with Gasteiger partial charge >= 0.3 is 6.18 Å². The zero-order chi connectivity index (χ0) is 18.6. The summed E-state index contributed by atoms with van der Waals surface area (Å²) >= 11 is 0. The van der Waals surface area contributed by atoms with Gasteiger partial charge in [0.15, 0.2) is 0 Å². The van der Waals surface area contributed by atoms with Gasteiger partial charge in [-0.1, -0.05) is 42.5 Å². The molecule has 0 saturated carbocycles. The maximum atomic E-state index is 12.6. The molecule has 0 aliphatic carbocycles. The van der Waals surface area contributed by atoms with Crippen LogP contribution in [0.2, 0.25) is 0 Å². The summed E-state index contributed by atoms with van der Waals surface area (Å²) in [7, 11) is 0. The van der Waals surface area contributed by atoms with E-state index in [4.69, 9.17) is 4.74 Å². The van der Waals surface area contributed by atoms with Crippen LogP contribution in [0.4, 0.5) is 13.2 Å². The Bertz CT molecular complexity index is 920. The fourth-order valence-electron chi connectivity index (χ4n) is 2.33. The minimum Gasteiger partial charge on any atom is -0.473 e. The normalized spacial score (nSPS) is 11.3. The third-order valence-corrected chi connectivity index (χ3v) is 3.72. The molecule has 0 fully saturated rings. The van der Waals surface area contributed by atoms with E-state index in [0.29, 0.717) is 5.56 Å². The number of hydrogen-bond acceptors (Lipinski definition) is 3. The molecule has 2 aromatic carbocycles. The zero-order valence-electron chi connectivity index (χ0n) is 13.6. The number of halogens is 3. The SMILES string of the molecule is O=c1cc(OCc2ccccc2)ncn1Cc1ccc(C(F)(F)F)cc1. The average Bonchev–Trinajstić information content (AvgIpc) is 2.62. The Morgan fingerprint density at radius 2 is 1.65 bits per heavy atom. The molecule has 0 aliphatic heterocycles. The predicted molar refractivity (Wildman–Crippen MR) is 89.8 cm³/mol. The summed E-state index contributed by atoms with van der Waals surface area (Å²) in [4.78, 5) is 16.2. The second-order valence-electron chi connectivity index (χ2n) is 5.66. The minimum absolute atomic E-state index is 0.128. The van der Waals surface area contributed by atoms with Crippen LogP contribution in [0.25, 0.3) is 0 Å². The van der Waals surface area contributed by atoms with Crippen molar-refractivity contribution in [2.45, 2.75) is 19.3 Å². The lowest BCUT2D eigenvalue weighted by Crippen LogP contribution is -2.20. The molecule has 0 amide bonds. The van der Waals surface area contributed by atoms with Crippen LogP contribution in [0.5, 0.6) is 5.88 Å². The number of rotatable bonds is 5. The zero-order valence-corrected chi connectivity index (χ0v) is 13.6. The molecule has 0 saturated heterocycles. The van der Waals surface area contributed by atoms with Gasteiger partial charge in [-0.05, 0) is 23.3 Å². The van der Waals surface area contributed by atoms with Gasteiger partial charge in [-0.3, -0.25) is 9.36 Å². The highest BCUT2D eigenvalue weighted by atomic mass is 19.4. The highest BCUT2D eigenvalue weighted by Gasteiger charge is 2.29. The first kappa shape index (κ1) is 17.7. The van der Waals surface area contributed by atoms with E-state index in [-0.39, 0.29) is 24.6 Å². The van der Waals surface area contributed by atoms with Crippen LogP contribution in [0.3, 0.4) is 0 Å². The molecular weight excluding hydrogens is 345 g/mol. The van der Waals surface area contributed by atoms with Crippen LogP contribution in [-0.4, -0.2) is 9.55 Å². The first-order valence-electron chi connectivity index (χ1n) is 7.81. The van der Waals surface area contributed by atoms with E-state index >= 15 is 0 Å². The van der Waals surface area contributed by atoms with Gasteiger partial charge in [0.2, 0.25) is 5.88 Å². The van der Waals surface area contributed by atoms with Gasteiger partial charge in [-0.2, -0.15) is 13.2 Å². The summed E-state index contributed by atoms with van der Waals surface area (Å²) in [5.41, 5.74) is 0.447. The van der Waals surface area contributed by atoms with Crippen LogP contribution in [0, 0.1) is 0 Å². The first-order chi connectivity index (χ1) is 12.4. The van der Waals surface area contributed by atoms with Crippen molar-refractivity contribution in [3.05, 3.63) is 94.0 Å². The molecule has 26 heavy (non-hydrogen) atoms. The molecule has 0 N–H and O–H groups in total. The Morgan fingerprint density at radius 3 is 2.27 bits per heavy atom. The Morgan fingerprint density at radius 1 is 0.962 bits per heavy atom. The van der Waals surface area contributed by atoms with Gasteiger partial charge in [0, 0.05) is 0 Å². The molecule has 0 radical (unpaired) electrons. The summed E-state index contributed by atoms with van der Waals surface area (Å²) in [6, 6.07) is 15.4. The predicted octanol–water partition coefficient (Wildman–Crippen LogP) is 3.89. The largest absolute Gasteiger partial charge is 0.473 e. The summed E-state index contributed by atoms with van der Waals surface area (Å²) in [6.07, 6.45) is -3.06. The molecule has 0 bridgehead atoms. The maximum Gasteiger partial charge on any atom is 0.416 e. The van der Waals surface area contributed by atoms with E-state index in [0.717, 1.165) is 17.7 Å². The van der Waals surface area contributed by atoms with Crippen molar-refractivity contribution in [1.82, 2.24) is 9.55 Å². The molecule has 0 spiro atoms. The Hall–Kier alpha value is -3.09. The topological polar surface area (TPSA) is 44.1 Å². The summed E-state index contributed by atoms with van der Waals surface area (Å²) in [6.45, 7) is 0.416. The van der Waals surface area contributed by atoms with Gasteiger partial charge in [-0.15, -0.1) is 0 Å². The Labute approximate surface area is 147 Å². The molecule has 7 heteroatoms. The van der Waals surface area contributed by atoms with E-state index in [1.807, 2.05) is 30.3 Å². The van der Waals surface area contributed by atoms with Gasteiger partial charge in [0.25, 0.3) is 5.56 Å². The van der Waals surface area contributed by atoms with Crippen molar-refractivity contribution in [3.8, 4) is 5.88 Å². The molecule has 3 aromatic rings. The lowest BCUT2D eigenvalue weighted by molar-refractivity contribution is -0.137. The van der Waals surface area contributed by atoms with Crippen molar-refractivity contribution in [3.63, 3.8) is 0 Å². The maximum absolute atomic E-state index is 12.6. The standard InChI is InChI=1S/C19H15F3N2O2/c20-19(21,22)16-8-6-14(7-9-16)11-24-13-23-17(10-18(24)25)26-12-15-4-2-1-3-5-15/h1-10,13H,11-12H2. The summed E-state index contributed by atoms with van der Waals surface area (Å²) in [5.74, 6) is 0.197. The van der Waals surface area contributed by atoms with E-state index in [2.05, 4.69) is 4.98 Å². The molecule has 0 unspecified atom stereocenters. The third kappa shape index (κ3) is 4.50. The number of ether oxygens (including phenoxy) is 1. The number of nitrogens with zero attached hydrogens (tertiary/aromatic N) is 2. The number of benzene rings is 2. The monoisotopic (exact) mass is 360 g/mol. The summed E-state index contributed by atoms with van der Waals surface area (Å²) < 4.78 is 44.5. The fraction of sp³-hybridized carbons (Fsp3) is 0.158. The van der Waals surface area contributed by atoms with Crippen LogP contribution >= 0.6 is 0 Å². The quantitative estimate of drug-likeness (QED) is 0.693. The van der Waals surface area contributed by atoms with E-state index in [1.54, 1.807) is 0 Å². The summed E-state index contributed by atoms with van der Waals surface area (Å²) in [5, 5.41) is 0. The van der Waals surface area contributed by atoms with Crippen molar-refractivity contribution in [2.24, 2.45) is 0 Å². The lowest BCUT2D eigenvalue weighted by Gasteiger charge is -2.10. The van der Waals surface area contributed by atoms with Crippen molar-refractivity contribution >= 4 is 0 Å². The highest BCUT2D eigenvalue weighted by molar-refractivity contribution is 5.25. The van der Waals surface area contributed by atoms with E-state index in [9.17, 15) is 18.0 Å². The van der Waals surface area contributed by atoms with Gasteiger partial charge in [-0.25, -0.2) is 4.98 Å². The van der Waals surface area contributed by atoms with Crippen molar-refractivity contribution < 1.29 is 17.9 Å². The number of hydrogen-bond donors (Lipinski definition) is 0. The van der Waals surface area contributed by atoms with Gasteiger partial charge in [0.1, 0.15) is 12.9 Å². The molecule has 0 aliphatic rings. The molecule has 4 nitrogen and oxygen atoms in total. The second-order valence-corrected chi connectivity index (χ2v) is 5.66. The number of aromatic nitrogens is 2. The number of alkyl halides is 3. The minimum atomic E-state index is -4.38. The molecule has 1 heterocycles. The second kappa shape index (κ2) is 7.43. The third-order valence-electron chi connectivity index (χ3n) is 3.72. The lowest BCUT2D eigenvalue weighted by atomic mass is 10.1. The first-order valence-corrected chi connectivity index (χ1v) is 7.81.